The van der Waals surface area contributed by atoms with E-state index in [0.29, 0.717) is 11.6 Å². The number of hydrogen-bond acceptors (Lipinski definition) is 4. The predicted molar refractivity (Wildman–Crippen MR) is 98.5 cm³/mol. The van der Waals surface area contributed by atoms with Gasteiger partial charge in [0.15, 0.2) is 0 Å². The normalized spacial score (nSPS) is 14.3. The molecule has 6 heteroatoms. The van der Waals surface area contributed by atoms with Crippen molar-refractivity contribution in [2.45, 2.75) is 25.7 Å². The maximum Gasteiger partial charge on any atom is 0.227 e. The molecule has 1 aliphatic rings. The average Bonchev–Trinajstić information content (AvgIpc) is 3.38. The highest BCUT2D eigenvalue weighted by molar-refractivity contribution is 5.92. The van der Waals surface area contributed by atoms with Gasteiger partial charge in [-0.05, 0) is 49.2 Å². The Kier molecular flexibility index (Phi) is 4.64. The average molecular weight is 348 g/mol. The minimum absolute atomic E-state index is 0.114. The molecule has 132 valence electrons. The Morgan fingerprint density at radius 1 is 1.08 bits per heavy atom. The predicted octanol–water partition coefficient (Wildman–Crippen LogP) is 4.19. The van der Waals surface area contributed by atoms with Crippen LogP contribution in [0.4, 0.5) is 5.69 Å². The van der Waals surface area contributed by atoms with Crippen LogP contribution in [-0.2, 0) is 4.79 Å². The lowest BCUT2D eigenvalue weighted by Gasteiger charge is -2.11. The first-order chi connectivity index (χ1) is 12.8. The molecule has 1 aliphatic carbocycles. The van der Waals surface area contributed by atoms with Crippen molar-refractivity contribution in [2.24, 2.45) is 5.92 Å². The Labute approximate surface area is 151 Å². The molecule has 1 N–H and O–H groups in total. The van der Waals surface area contributed by atoms with Crippen molar-refractivity contribution >= 4 is 11.6 Å². The van der Waals surface area contributed by atoms with Gasteiger partial charge in [0.05, 0.1) is 0 Å². The molecule has 2 aromatic heterocycles. The van der Waals surface area contributed by atoms with Crippen LogP contribution >= 0.6 is 0 Å². The van der Waals surface area contributed by atoms with Gasteiger partial charge in [-0.2, -0.15) is 0 Å². The topological polar surface area (TPSA) is 69.0 Å². The summed E-state index contributed by atoms with van der Waals surface area (Å²) < 4.78 is 7.68. The van der Waals surface area contributed by atoms with Crippen LogP contribution in [0.3, 0.4) is 0 Å². The minimum Gasteiger partial charge on any atom is -0.439 e. The highest BCUT2D eigenvalue weighted by Crippen LogP contribution is 2.27. The number of ether oxygens (including phenoxy) is 1. The van der Waals surface area contributed by atoms with Crippen LogP contribution in [0.1, 0.15) is 25.7 Å². The lowest BCUT2D eigenvalue weighted by Crippen LogP contribution is -2.20. The van der Waals surface area contributed by atoms with E-state index in [4.69, 9.17) is 4.74 Å². The second-order valence-electron chi connectivity index (χ2n) is 6.40. The number of benzene rings is 1. The summed E-state index contributed by atoms with van der Waals surface area (Å²) in [6.07, 6.45) is 9.57. The molecule has 0 unspecified atom stereocenters. The summed E-state index contributed by atoms with van der Waals surface area (Å²) in [4.78, 5) is 20.6. The quantitative estimate of drug-likeness (QED) is 0.751. The summed E-state index contributed by atoms with van der Waals surface area (Å²) in [6, 6.07) is 13.0. The Balaban J connectivity index is 1.41. The zero-order valence-electron chi connectivity index (χ0n) is 14.3. The Morgan fingerprint density at radius 3 is 2.54 bits per heavy atom. The van der Waals surface area contributed by atoms with Gasteiger partial charge < -0.3 is 14.6 Å². The maximum absolute atomic E-state index is 12.2. The van der Waals surface area contributed by atoms with E-state index in [0.717, 1.165) is 37.2 Å². The summed E-state index contributed by atoms with van der Waals surface area (Å²) >= 11 is 0. The van der Waals surface area contributed by atoms with Crippen molar-refractivity contribution in [1.29, 1.82) is 0 Å². The molecule has 0 spiro atoms. The van der Waals surface area contributed by atoms with Crippen molar-refractivity contribution < 1.29 is 9.53 Å². The molecule has 0 aliphatic heterocycles. The second-order valence-corrected chi connectivity index (χ2v) is 6.40. The number of carbonyl (C=O) groups excluding carboxylic acids is 1. The van der Waals surface area contributed by atoms with Crippen LogP contribution in [0.25, 0.3) is 5.82 Å². The van der Waals surface area contributed by atoms with Crippen LogP contribution in [0, 0.1) is 5.92 Å². The lowest BCUT2D eigenvalue weighted by molar-refractivity contribution is -0.119. The molecular formula is C20H20N4O2. The van der Waals surface area contributed by atoms with E-state index < -0.39 is 0 Å². The summed E-state index contributed by atoms with van der Waals surface area (Å²) in [5, 5.41) is 2.98. The van der Waals surface area contributed by atoms with E-state index in [1.165, 1.54) is 6.33 Å². The molecule has 2 heterocycles. The number of nitrogens with zero attached hydrogens (tertiary/aromatic N) is 3. The first-order valence-corrected chi connectivity index (χ1v) is 8.82. The molecular weight excluding hydrogens is 328 g/mol. The van der Waals surface area contributed by atoms with Crippen molar-refractivity contribution in [3.05, 3.63) is 61.2 Å². The summed E-state index contributed by atoms with van der Waals surface area (Å²) in [5.74, 6) is 2.12. The zero-order chi connectivity index (χ0) is 17.8. The fourth-order valence-corrected chi connectivity index (χ4v) is 3.17. The molecule has 6 nitrogen and oxygen atoms in total. The van der Waals surface area contributed by atoms with Gasteiger partial charge in [0.25, 0.3) is 0 Å². The number of carbonyl (C=O) groups is 1. The van der Waals surface area contributed by atoms with E-state index in [9.17, 15) is 4.79 Å². The third-order valence-corrected chi connectivity index (χ3v) is 4.57. The molecule has 1 saturated carbocycles. The second kappa shape index (κ2) is 7.39. The molecule has 0 atom stereocenters. The van der Waals surface area contributed by atoms with Gasteiger partial charge in [0.1, 0.15) is 17.9 Å². The molecule has 26 heavy (non-hydrogen) atoms. The van der Waals surface area contributed by atoms with Gasteiger partial charge in [-0.25, -0.2) is 9.97 Å². The molecule has 1 aromatic carbocycles. The van der Waals surface area contributed by atoms with Crippen LogP contribution < -0.4 is 10.1 Å². The Hall–Kier alpha value is -3.15. The van der Waals surface area contributed by atoms with E-state index in [1.807, 2.05) is 53.4 Å². The number of aromatic nitrogens is 3. The first kappa shape index (κ1) is 16.3. The fraction of sp³-hybridized carbons (Fsp3) is 0.250. The monoisotopic (exact) mass is 348 g/mol. The molecule has 0 radical (unpaired) electrons. The van der Waals surface area contributed by atoms with Crippen molar-refractivity contribution in [3.8, 4) is 17.4 Å². The number of nitrogens with one attached hydrogen (secondary N) is 1. The van der Waals surface area contributed by atoms with Gasteiger partial charge >= 0.3 is 0 Å². The van der Waals surface area contributed by atoms with E-state index in [1.54, 1.807) is 6.07 Å². The van der Waals surface area contributed by atoms with Gasteiger partial charge in [-0.3, -0.25) is 4.79 Å². The summed E-state index contributed by atoms with van der Waals surface area (Å²) in [6.45, 7) is 0. The van der Waals surface area contributed by atoms with Crippen molar-refractivity contribution in [1.82, 2.24) is 14.5 Å². The standard InChI is InChI=1S/C20H20N4O2/c25-20(15-5-1-2-6-15)23-16-7-9-17(10-8-16)26-19-13-18(21-14-22-19)24-11-3-4-12-24/h3-4,7-15H,1-2,5-6H2,(H,23,25). The molecule has 0 saturated heterocycles. The van der Waals surface area contributed by atoms with Gasteiger partial charge in [-0.1, -0.05) is 12.8 Å². The molecule has 3 aromatic rings. The minimum atomic E-state index is 0.114. The molecule has 4 rings (SSSR count). The van der Waals surface area contributed by atoms with Crippen LogP contribution in [0.15, 0.2) is 61.2 Å². The van der Waals surface area contributed by atoms with E-state index >= 15 is 0 Å². The Morgan fingerprint density at radius 2 is 1.81 bits per heavy atom. The van der Waals surface area contributed by atoms with E-state index in [2.05, 4.69) is 15.3 Å². The Bertz CT molecular complexity index is 869. The van der Waals surface area contributed by atoms with Crippen molar-refractivity contribution in [2.75, 3.05) is 5.32 Å². The van der Waals surface area contributed by atoms with Crippen LogP contribution in [-0.4, -0.2) is 20.4 Å². The molecule has 0 bridgehead atoms. The first-order valence-electron chi connectivity index (χ1n) is 8.82. The van der Waals surface area contributed by atoms with Gasteiger partial charge in [-0.15, -0.1) is 0 Å². The van der Waals surface area contributed by atoms with Crippen LogP contribution in [0.2, 0.25) is 0 Å². The number of hydrogen-bond donors (Lipinski definition) is 1. The van der Waals surface area contributed by atoms with Gasteiger partial charge in [0, 0.05) is 30.1 Å². The van der Waals surface area contributed by atoms with E-state index in [-0.39, 0.29) is 11.8 Å². The molecule has 1 fully saturated rings. The maximum atomic E-state index is 12.2. The summed E-state index contributed by atoms with van der Waals surface area (Å²) in [5.41, 5.74) is 0.782. The third kappa shape index (κ3) is 3.74. The highest BCUT2D eigenvalue weighted by Gasteiger charge is 2.22. The van der Waals surface area contributed by atoms with Crippen molar-refractivity contribution in [3.63, 3.8) is 0 Å². The smallest absolute Gasteiger partial charge is 0.227 e. The fourth-order valence-electron chi connectivity index (χ4n) is 3.17. The van der Waals surface area contributed by atoms with Gasteiger partial charge in [0.2, 0.25) is 11.8 Å². The number of amides is 1. The zero-order valence-corrected chi connectivity index (χ0v) is 14.3. The highest BCUT2D eigenvalue weighted by atomic mass is 16.5. The summed E-state index contributed by atoms with van der Waals surface area (Å²) in [7, 11) is 0. The lowest BCUT2D eigenvalue weighted by atomic mass is 10.1. The largest absolute Gasteiger partial charge is 0.439 e. The molecule has 1 amide bonds. The third-order valence-electron chi connectivity index (χ3n) is 4.57. The SMILES string of the molecule is O=C(Nc1ccc(Oc2cc(-n3cccc3)ncn2)cc1)C1CCCC1. The number of rotatable bonds is 5. The number of anilines is 1. The van der Waals surface area contributed by atoms with Crippen LogP contribution in [0.5, 0.6) is 11.6 Å².